The first-order chi connectivity index (χ1) is 9.15. The van der Waals surface area contributed by atoms with E-state index >= 15 is 0 Å². The number of rotatable bonds is 4. The highest BCUT2D eigenvalue weighted by molar-refractivity contribution is 9.10. The van der Waals surface area contributed by atoms with E-state index in [2.05, 4.69) is 26.2 Å². The van der Waals surface area contributed by atoms with Crippen LogP contribution in [0.15, 0.2) is 59.3 Å². The molecule has 1 aromatic heterocycles. The number of anilines is 1. The molecule has 0 fully saturated rings. The van der Waals surface area contributed by atoms with Crippen molar-refractivity contribution in [1.82, 2.24) is 4.98 Å². The summed E-state index contributed by atoms with van der Waals surface area (Å²) in [6.07, 6.45) is 4.82. The molecule has 0 aliphatic heterocycles. The topological polar surface area (TPSA) is 42.0 Å². The van der Waals surface area contributed by atoms with Gasteiger partial charge in [0, 0.05) is 28.5 Å². The van der Waals surface area contributed by atoms with Crippen LogP contribution in [0, 0.1) is 6.92 Å². The fourth-order valence-corrected chi connectivity index (χ4v) is 1.79. The normalized spacial score (nSPS) is 10.6. The number of carbonyl (C=O) groups excluding carboxylic acids is 1. The summed E-state index contributed by atoms with van der Waals surface area (Å²) in [4.78, 5) is 16.0. The van der Waals surface area contributed by atoms with Crippen molar-refractivity contribution in [3.63, 3.8) is 0 Å². The third-order valence-electron chi connectivity index (χ3n) is 2.51. The molecule has 0 aliphatic carbocycles. The second-order valence-electron chi connectivity index (χ2n) is 4.07. The van der Waals surface area contributed by atoms with Gasteiger partial charge >= 0.3 is 0 Å². The summed E-state index contributed by atoms with van der Waals surface area (Å²) in [6, 6.07) is 11.1. The highest BCUT2D eigenvalue weighted by atomic mass is 79.9. The Hall–Kier alpha value is -1.94. The van der Waals surface area contributed by atoms with Gasteiger partial charge in [-0.15, -0.1) is 0 Å². The van der Waals surface area contributed by atoms with Crippen molar-refractivity contribution in [3.05, 3.63) is 70.5 Å². The lowest BCUT2D eigenvalue weighted by Gasteiger charge is -2.00. The van der Waals surface area contributed by atoms with Gasteiger partial charge in [-0.3, -0.25) is 4.79 Å². The molecule has 0 saturated heterocycles. The van der Waals surface area contributed by atoms with Gasteiger partial charge in [0.25, 0.3) is 0 Å². The maximum absolute atomic E-state index is 11.9. The van der Waals surface area contributed by atoms with Crippen molar-refractivity contribution in [2.24, 2.45) is 0 Å². The first-order valence-electron chi connectivity index (χ1n) is 5.81. The molecule has 2 aromatic rings. The number of hydrogen-bond donors (Lipinski definition) is 1. The van der Waals surface area contributed by atoms with E-state index in [9.17, 15) is 4.79 Å². The molecule has 0 saturated carbocycles. The van der Waals surface area contributed by atoms with Gasteiger partial charge in [-0.2, -0.15) is 0 Å². The Bertz CT molecular complexity index is 606. The molecule has 0 bridgehead atoms. The molecular formula is C15H13BrN2O. The average molecular weight is 317 g/mol. The molecule has 0 radical (unpaired) electrons. The van der Waals surface area contributed by atoms with E-state index < -0.39 is 0 Å². The Morgan fingerprint density at radius 1 is 1.26 bits per heavy atom. The summed E-state index contributed by atoms with van der Waals surface area (Å²) in [6.45, 7) is 1.99. The number of allylic oxidation sites excluding steroid dienone is 1. The zero-order valence-electron chi connectivity index (χ0n) is 10.4. The first-order valence-corrected chi connectivity index (χ1v) is 6.60. The fourth-order valence-electron chi connectivity index (χ4n) is 1.53. The van der Waals surface area contributed by atoms with Crippen LogP contribution in [0.25, 0.3) is 0 Å². The van der Waals surface area contributed by atoms with Crippen molar-refractivity contribution in [2.75, 3.05) is 5.32 Å². The standard InChI is InChI=1S/C15H13BrN2O/c1-11-6-8-17-15(10-11)18-9-7-14(19)12-2-4-13(16)5-3-12/h2-10H,1H3,(H,17,18)/b9-7+. The number of ketones is 1. The third kappa shape index (κ3) is 4.03. The van der Waals surface area contributed by atoms with Crippen LogP contribution >= 0.6 is 15.9 Å². The molecule has 0 amide bonds. The molecule has 4 heteroatoms. The van der Waals surface area contributed by atoms with Crippen LogP contribution in [0.5, 0.6) is 0 Å². The first kappa shape index (κ1) is 13.5. The fraction of sp³-hybridized carbons (Fsp3) is 0.0667. The van der Waals surface area contributed by atoms with Gasteiger partial charge in [-0.1, -0.05) is 15.9 Å². The monoisotopic (exact) mass is 316 g/mol. The number of nitrogens with one attached hydrogen (secondary N) is 1. The number of aromatic nitrogens is 1. The van der Waals surface area contributed by atoms with Crippen LogP contribution in [-0.4, -0.2) is 10.8 Å². The predicted octanol–water partition coefficient (Wildman–Crippen LogP) is 3.96. The van der Waals surface area contributed by atoms with Crippen LogP contribution in [0.1, 0.15) is 15.9 Å². The third-order valence-corrected chi connectivity index (χ3v) is 3.04. The Morgan fingerprint density at radius 3 is 2.68 bits per heavy atom. The number of halogens is 1. The molecule has 0 unspecified atom stereocenters. The number of nitrogens with zero attached hydrogens (tertiary/aromatic N) is 1. The molecule has 0 atom stereocenters. The number of aryl methyl sites for hydroxylation is 1. The van der Waals surface area contributed by atoms with Crippen LogP contribution < -0.4 is 5.32 Å². The van der Waals surface area contributed by atoms with Crippen molar-refractivity contribution < 1.29 is 4.79 Å². The van der Waals surface area contributed by atoms with Crippen LogP contribution in [0.3, 0.4) is 0 Å². The van der Waals surface area contributed by atoms with E-state index in [4.69, 9.17) is 0 Å². The zero-order chi connectivity index (χ0) is 13.7. The van der Waals surface area contributed by atoms with Crippen molar-refractivity contribution in [2.45, 2.75) is 6.92 Å². The highest BCUT2D eigenvalue weighted by Gasteiger charge is 2.00. The lowest BCUT2D eigenvalue weighted by Crippen LogP contribution is -1.97. The molecule has 19 heavy (non-hydrogen) atoms. The number of pyridine rings is 1. The molecule has 3 nitrogen and oxygen atoms in total. The summed E-state index contributed by atoms with van der Waals surface area (Å²) in [5.74, 6) is 0.674. The quantitative estimate of drug-likeness (QED) is 0.685. The van der Waals surface area contributed by atoms with Crippen LogP contribution in [0.2, 0.25) is 0 Å². The highest BCUT2D eigenvalue weighted by Crippen LogP contribution is 2.11. The Labute approximate surface area is 120 Å². The summed E-state index contributed by atoms with van der Waals surface area (Å²) in [5.41, 5.74) is 1.77. The number of carbonyl (C=O) groups is 1. The number of benzene rings is 1. The Kier molecular flexibility index (Phi) is 4.47. The molecule has 1 heterocycles. The molecule has 0 spiro atoms. The summed E-state index contributed by atoms with van der Waals surface area (Å²) < 4.78 is 0.954. The second-order valence-corrected chi connectivity index (χ2v) is 4.98. The van der Waals surface area contributed by atoms with Gasteiger partial charge in [-0.05, 0) is 48.9 Å². The Balaban J connectivity index is 1.99. The smallest absolute Gasteiger partial charge is 0.187 e. The minimum atomic E-state index is -0.0485. The van der Waals surface area contributed by atoms with Gasteiger partial charge in [0.15, 0.2) is 5.78 Å². The zero-order valence-corrected chi connectivity index (χ0v) is 12.0. The van der Waals surface area contributed by atoms with E-state index in [1.54, 1.807) is 24.5 Å². The van der Waals surface area contributed by atoms with Gasteiger partial charge < -0.3 is 5.32 Å². The molecule has 96 valence electrons. The SMILES string of the molecule is Cc1ccnc(N/C=C/C(=O)c2ccc(Br)cc2)c1. The minimum Gasteiger partial charge on any atom is -0.347 e. The predicted molar refractivity (Wildman–Crippen MR) is 80.2 cm³/mol. The van der Waals surface area contributed by atoms with Crippen molar-refractivity contribution in [3.8, 4) is 0 Å². The molecule has 1 N–H and O–H groups in total. The van der Waals surface area contributed by atoms with E-state index in [1.165, 1.54) is 6.08 Å². The van der Waals surface area contributed by atoms with Crippen LogP contribution in [0.4, 0.5) is 5.82 Å². The molecule has 1 aromatic carbocycles. The molecule has 0 aliphatic rings. The van der Waals surface area contributed by atoms with Gasteiger partial charge in [0.1, 0.15) is 5.82 Å². The van der Waals surface area contributed by atoms with E-state index in [-0.39, 0.29) is 5.78 Å². The maximum Gasteiger partial charge on any atom is 0.187 e. The van der Waals surface area contributed by atoms with Crippen LogP contribution in [-0.2, 0) is 0 Å². The van der Waals surface area contributed by atoms with Crippen molar-refractivity contribution in [1.29, 1.82) is 0 Å². The van der Waals surface area contributed by atoms with Gasteiger partial charge in [-0.25, -0.2) is 4.98 Å². The maximum atomic E-state index is 11.9. The lowest BCUT2D eigenvalue weighted by molar-refractivity contribution is 0.104. The average Bonchev–Trinajstić information content (AvgIpc) is 2.39. The largest absolute Gasteiger partial charge is 0.347 e. The lowest BCUT2D eigenvalue weighted by atomic mass is 10.1. The van der Waals surface area contributed by atoms with Gasteiger partial charge in [0.05, 0.1) is 0 Å². The second kappa shape index (κ2) is 6.29. The summed E-state index contributed by atoms with van der Waals surface area (Å²) >= 11 is 3.33. The van der Waals surface area contributed by atoms with Gasteiger partial charge in [0.2, 0.25) is 0 Å². The van der Waals surface area contributed by atoms with E-state index in [1.807, 2.05) is 31.2 Å². The minimum absolute atomic E-state index is 0.0485. The number of hydrogen-bond acceptors (Lipinski definition) is 3. The van der Waals surface area contributed by atoms with Crippen molar-refractivity contribution >= 4 is 27.5 Å². The summed E-state index contributed by atoms with van der Waals surface area (Å²) in [7, 11) is 0. The molecule has 2 rings (SSSR count). The summed E-state index contributed by atoms with van der Waals surface area (Å²) in [5, 5.41) is 2.98. The van der Waals surface area contributed by atoms with E-state index in [0.717, 1.165) is 15.9 Å². The Morgan fingerprint density at radius 2 is 2.00 bits per heavy atom. The van der Waals surface area contributed by atoms with E-state index in [0.29, 0.717) is 5.56 Å². The molecular weight excluding hydrogens is 304 g/mol.